The van der Waals surface area contributed by atoms with Gasteiger partial charge in [-0.25, -0.2) is 0 Å². The molecule has 1 amide bonds. The van der Waals surface area contributed by atoms with Crippen LogP contribution in [0.3, 0.4) is 0 Å². The average molecular weight is 426 g/mol. The number of carbonyl (C=O) groups is 1. The third kappa shape index (κ3) is 2.87. The number of halogens is 3. The van der Waals surface area contributed by atoms with Crippen LogP contribution in [-0.2, 0) is 15.0 Å². The van der Waals surface area contributed by atoms with Gasteiger partial charge in [0, 0.05) is 21.9 Å². The van der Waals surface area contributed by atoms with Gasteiger partial charge >= 0.3 is 10.2 Å². The largest absolute Gasteiger partial charge is 0.309 e. The van der Waals surface area contributed by atoms with Crippen LogP contribution in [0.25, 0.3) is 0 Å². The summed E-state index contributed by atoms with van der Waals surface area (Å²) < 4.78 is 35.9. The summed E-state index contributed by atoms with van der Waals surface area (Å²) in [6.45, 7) is -0.299. The summed E-state index contributed by atoms with van der Waals surface area (Å²) in [5, 5.41) is 7.73. The second-order valence-electron chi connectivity index (χ2n) is 4.20. The molecule has 106 valence electrons. The van der Waals surface area contributed by atoms with E-state index >= 15 is 0 Å². The second-order valence-corrected chi connectivity index (χ2v) is 7.59. The third-order valence-corrected chi connectivity index (χ3v) is 5.08. The van der Waals surface area contributed by atoms with Crippen molar-refractivity contribution in [2.75, 3.05) is 11.4 Å². The number of amides is 1. The van der Waals surface area contributed by atoms with E-state index < -0.39 is 27.8 Å². The molecule has 0 saturated carbocycles. The van der Waals surface area contributed by atoms with E-state index in [1.165, 1.54) is 6.07 Å². The number of rotatable bonds is 2. The number of nitrogens with zero attached hydrogens (tertiary/aromatic N) is 2. The van der Waals surface area contributed by atoms with E-state index in [0.29, 0.717) is 8.95 Å². The maximum absolute atomic E-state index is 13.0. The summed E-state index contributed by atoms with van der Waals surface area (Å²) in [5.41, 5.74) is 0.448. The molecule has 1 aliphatic rings. The number of benzene rings is 1. The van der Waals surface area contributed by atoms with Crippen molar-refractivity contribution in [3.63, 3.8) is 0 Å². The van der Waals surface area contributed by atoms with Crippen LogP contribution in [-0.4, -0.2) is 26.1 Å². The Labute approximate surface area is 131 Å². The standard InChI is InChI=1S/C11H7Br2FN2O3S/c12-7-1-6(4-15)11(9(13)2-7)16-5-8(3-10(16)17)20(14,18)19/h1-2,8H,3,5H2. The lowest BCUT2D eigenvalue weighted by atomic mass is 10.2. The Hall–Kier alpha value is -0.980. The fraction of sp³-hybridized carbons (Fsp3) is 0.273. The van der Waals surface area contributed by atoms with Crippen molar-refractivity contribution in [2.45, 2.75) is 11.7 Å². The Balaban J connectivity index is 2.49. The van der Waals surface area contributed by atoms with Crippen molar-refractivity contribution in [3.05, 3.63) is 26.6 Å². The van der Waals surface area contributed by atoms with Gasteiger partial charge in [-0.3, -0.25) is 4.79 Å². The van der Waals surface area contributed by atoms with Crippen molar-refractivity contribution in [1.29, 1.82) is 5.26 Å². The fourth-order valence-electron chi connectivity index (χ4n) is 2.01. The molecule has 0 aromatic heterocycles. The van der Waals surface area contributed by atoms with Crippen LogP contribution >= 0.6 is 31.9 Å². The van der Waals surface area contributed by atoms with E-state index in [-0.39, 0.29) is 17.8 Å². The lowest BCUT2D eigenvalue weighted by molar-refractivity contribution is -0.117. The highest BCUT2D eigenvalue weighted by atomic mass is 79.9. The molecule has 9 heteroatoms. The van der Waals surface area contributed by atoms with Gasteiger partial charge in [0.2, 0.25) is 5.91 Å². The first-order valence-corrected chi connectivity index (χ1v) is 8.40. The molecule has 20 heavy (non-hydrogen) atoms. The highest BCUT2D eigenvalue weighted by Gasteiger charge is 2.40. The molecule has 1 aromatic carbocycles. The smallest absolute Gasteiger partial charge is 0.307 e. The molecule has 2 rings (SSSR count). The number of hydrogen-bond donors (Lipinski definition) is 0. The van der Waals surface area contributed by atoms with Gasteiger partial charge in [-0.2, -0.15) is 13.7 Å². The van der Waals surface area contributed by atoms with Gasteiger partial charge in [-0.05, 0) is 28.1 Å². The zero-order valence-electron chi connectivity index (χ0n) is 9.81. The Bertz CT molecular complexity index is 730. The summed E-state index contributed by atoms with van der Waals surface area (Å²) in [5.74, 6) is -0.532. The van der Waals surface area contributed by atoms with Gasteiger partial charge in [-0.15, -0.1) is 3.89 Å². The van der Waals surface area contributed by atoms with E-state index in [1.54, 1.807) is 6.07 Å². The maximum Gasteiger partial charge on any atom is 0.307 e. The molecule has 1 heterocycles. The molecule has 1 saturated heterocycles. The van der Waals surface area contributed by atoms with E-state index in [1.807, 2.05) is 6.07 Å². The fourth-order valence-corrected chi connectivity index (χ4v) is 4.11. The van der Waals surface area contributed by atoms with Crippen molar-refractivity contribution in [3.8, 4) is 6.07 Å². The second kappa shape index (κ2) is 5.42. The van der Waals surface area contributed by atoms with Gasteiger partial charge in [-0.1, -0.05) is 15.9 Å². The molecule has 0 N–H and O–H groups in total. The first kappa shape index (κ1) is 15.4. The maximum atomic E-state index is 13.0. The van der Waals surface area contributed by atoms with E-state index in [9.17, 15) is 17.1 Å². The van der Waals surface area contributed by atoms with Crippen molar-refractivity contribution in [1.82, 2.24) is 0 Å². The molecule has 1 fully saturated rings. The van der Waals surface area contributed by atoms with Crippen LogP contribution in [0.1, 0.15) is 12.0 Å². The third-order valence-electron chi connectivity index (χ3n) is 2.91. The first-order valence-electron chi connectivity index (χ1n) is 5.37. The minimum Gasteiger partial charge on any atom is -0.309 e. The molecule has 0 spiro atoms. The van der Waals surface area contributed by atoms with Crippen LogP contribution in [0.2, 0.25) is 0 Å². The zero-order valence-corrected chi connectivity index (χ0v) is 13.8. The summed E-state index contributed by atoms with van der Waals surface area (Å²) >= 11 is 6.44. The Morgan fingerprint density at radius 1 is 1.40 bits per heavy atom. The molecular formula is C11H7Br2FN2O3S. The van der Waals surface area contributed by atoms with Gasteiger partial charge in [0.05, 0.1) is 11.3 Å². The van der Waals surface area contributed by atoms with Crippen LogP contribution in [0.4, 0.5) is 9.57 Å². The van der Waals surface area contributed by atoms with Gasteiger partial charge in [0.15, 0.2) is 0 Å². The monoisotopic (exact) mass is 424 g/mol. The van der Waals surface area contributed by atoms with Crippen LogP contribution in [0.15, 0.2) is 21.1 Å². The Morgan fingerprint density at radius 3 is 2.55 bits per heavy atom. The number of hydrogen-bond acceptors (Lipinski definition) is 4. The summed E-state index contributed by atoms with van der Waals surface area (Å²) in [4.78, 5) is 13.0. The normalized spacial score (nSPS) is 19.2. The predicted octanol–water partition coefficient (Wildman–Crippen LogP) is 2.49. The highest BCUT2D eigenvalue weighted by molar-refractivity contribution is 9.11. The average Bonchev–Trinajstić information content (AvgIpc) is 2.70. The predicted molar refractivity (Wildman–Crippen MR) is 77.3 cm³/mol. The van der Waals surface area contributed by atoms with E-state index in [4.69, 9.17) is 5.26 Å². The molecule has 1 unspecified atom stereocenters. The Kier molecular flexibility index (Phi) is 4.18. The minimum absolute atomic E-state index is 0.191. The van der Waals surface area contributed by atoms with Crippen LogP contribution < -0.4 is 4.90 Å². The molecule has 1 aromatic rings. The molecule has 1 atom stereocenters. The molecule has 1 aliphatic heterocycles. The van der Waals surface area contributed by atoms with Crippen LogP contribution in [0, 0.1) is 11.3 Å². The van der Waals surface area contributed by atoms with Gasteiger partial charge < -0.3 is 4.90 Å². The first-order chi connectivity index (χ1) is 9.24. The molecular weight excluding hydrogens is 419 g/mol. The molecule has 0 radical (unpaired) electrons. The van der Waals surface area contributed by atoms with Gasteiger partial charge in [0.25, 0.3) is 0 Å². The molecule has 0 bridgehead atoms. The number of nitriles is 1. The highest BCUT2D eigenvalue weighted by Crippen LogP contribution is 2.36. The summed E-state index contributed by atoms with van der Waals surface area (Å²) in [6, 6.07) is 5.06. The number of anilines is 1. The lowest BCUT2D eigenvalue weighted by Crippen LogP contribution is -2.28. The van der Waals surface area contributed by atoms with Crippen LogP contribution in [0.5, 0.6) is 0 Å². The minimum atomic E-state index is -4.79. The SMILES string of the molecule is N#Cc1cc(Br)cc(Br)c1N1CC(S(=O)(=O)F)CC1=O. The van der Waals surface area contributed by atoms with Crippen molar-refractivity contribution >= 4 is 53.7 Å². The Morgan fingerprint density at radius 2 is 2.05 bits per heavy atom. The molecule has 5 nitrogen and oxygen atoms in total. The zero-order chi connectivity index (χ0) is 15.1. The summed E-state index contributed by atoms with van der Waals surface area (Å²) in [6.07, 6.45) is -0.424. The van der Waals surface area contributed by atoms with Crippen molar-refractivity contribution in [2.24, 2.45) is 0 Å². The topological polar surface area (TPSA) is 78.2 Å². The van der Waals surface area contributed by atoms with E-state index in [2.05, 4.69) is 31.9 Å². The van der Waals surface area contributed by atoms with E-state index in [0.717, 1.165) is 4.90 Å². The quantitative estimate of drug-likeness (QED) is 0.682. The molecule has 0 aliphatic carbocycles. The summed E-state index contributed by atoms with van der Waals surface area (Å²) in [7, 11) is -4.79. The number of carbonyl (C=O) groups excluding carboxylic acids is 1. The lowest BCUT2D eigenvalue weighted by Gasteiger charge is -2.19. The van der Waals surface area contributed by atoms with Crippen molar-refractivity contribution < 1.29 is 17.1 Å². The van der Waals surface area contributed by atoms with Gasteiger partial charge in [0.1, 0.15) is 11.3 Å².